The normalized spacial score (nSPS) is 15.4. The highest BCUT2D eigenvalue weighted by atomic mass is 16.5. The van der Waals surface area contributed by atoms with Crippen LogP contribution in [0.25, 0.3) is 5.69 Å². The standard InChI is InChI=1S/C24H26N4O5/c1-16-6-3-7-17(12-16)15-27-23(30)21(22(29)25-14-20-10-5-11-33-20)26-28(24(27)31)18-8-4-9-19(13-18)32-2/h3-4,6-9,12-13,20H,5,10-11,14-15H2,1-2H3,(H,25,29)/t20-/m0/s1. The number of carbonyl (C=O) groups excluding carboxylic acids is 1. The van der Waals surface area contributed by atoms with Crippen molar-refractivity contribution in [2.24, 2.45) is 0 Å². The number of rotatable bonds is 7. The summed E-state index contributed by atoms with van der Waals surface area (Å²) in [6.07, 6.45) is 1.69. The first kappa shape index (κ1) is 22.5. The Morgan fingerprint density at radius 3 is 2.76 bits per heavy atom. The van der Waals surface area contributed by atoms with Gasteiger partial charge in [-0.25, -0.2) is 4.79 Å². The van der Waals surface area contributed by atoms with Crippen molar-refractivity contribution >= 4 is 5.91 Å². The minimum Gasteiger partial charge on any atom is -0.497 e. The minimum atomic E-state index is -0.745. The van der Waals surface area contributed by atoms with Gasteiger partial charge in [0.1, 0.15) is 5.75 Å². The summed E-state index contributed by atoms with van der Waals surface area (Å²) in [6.45, 7) is 2.87. The number of benzene rings is 2. The first-order valence-electron chi connectivity index (χ1n) is 10.8. The van der Waals surface area contributed by atoms with Gasteiger partial charge in [0.25, 0.3) is 11.5 Å². The van der Waals surface area contributed by atoms with Crippen molar-refractivity contribution < 1.29 is 14.3 Å². The summed E-state index contributed by atoms with van der Waals surface area (Å²) in [7, 11) is 1.51. The molecule has 0 bridgehead atoms. The molecule has 0 saturated carbocycles. The van der Waals surface area contributed by atoms with Gasteiger partial charge in [0.15, 0.2) is 0 Å². The Morgan fingerprint density at radius 2 is 2.03 bits per heavy atom. The number of nitrogens with one attached hydrogen (secondary N) is 1. The van der Waals surface area contributed by atoms with E-state index in [0.29, 0.717) is 18.0 Å². The van der Waals surface area contributed by atoms with Crippen LogP contribution in [0.15, 0.2) is 58.1 Å². The van der Waals surface area contributed by atoms with Gasteiger partial charge in [-0.05, 0) is 37.5 Å². The maximum Gasteiger partial charge on any atom is 0.352 e. The van der Waals surface area contributed by atoms with E-state index in [4.69, 9.17) is 9.47 Å². The molecule has 1 atom stereocenters. The van der Waals surface area contributed by atoms with Crippen LogP contribution in [0.4, 0.5) is 0 Å². The number of aryl methyl sites for hydroxylation is 1. The van der Waals surface area contributed by atoms with E-state index in [1.165, 1.54) is 7.11 Å². The maximum absolute atomic E-state index is 13.3. The topological polar surface area (TPSA) is 104 Å². The van der Waals surface area contributed by atoms with Crippen LogP contribution in [0.1, 0.15) is 34.5 Å². The van der Waals surface area contributed by atoms with E-state index in [0.717, 1.165) is 33.2 Å². The largest absolute Gasteiger partial charge is 0.497 e. The van der Waals surface area contributed by atoms with Crippen LogP contribution in [-0.4, -0.2) is 46.6 Å². The molecule has 33 heavy (non-hydrogen) atoms. The molecule has 3 aromatic rings. The Bertz CT molecular complexity index is 1270. The van der Waals surface area contributed by atoms with E-state index in [-0.39, 0.29) is 24.9 Å². The number of aromatic nitrogens is 3. The molecule has 1 aliphatic heterocycles. The zero-order valence-electron chi connectivity index (χ0n) is 18.6. The van der Waals surface area contributed by atoms with Crippen LogP contribution < -0.4 is 21.3 Å². The van der Waals surface area contributed by atoms with Gasteiger partial charge < -0.3 is 14.8 Å². The van der Waals surface area contributed by atoms with Crippen molar-refractivity contribution in [3.8, 4) is 11.4 Å². The van der Waals surface area contributed by atoms with E-state index in [1.54, 1.807) is 24.3 Å². The average molecular weight is 450 g/mol. The van der Waals surface area contributed by atoms with E-state index in [9.17, 15) is 14.4 Å². The van der Waals surface area contributed by atoms with Crippen LogP contribution in [0, 0.1) is 6.92 Å². The van der Waals surface area contributed by atoms with Crippen molar-refractivity contribution in [3.63, 3.8) is 0 Å². The summed E-state index contributed by atoms with van der Waals surface area (Å²) in [5.41, 5.74) is 0.394. The molecule has 0 aliphatic carbocycles. The Morgan fingerprint density at radius 1 is 1.21 bits per heavy atom. The number of carbonyl (C=O) groups is 1. The zero-order valence-corrected chi connectivity index (χ0v) is 18.6. The molecule has 0 spiro atoms. The quantitative estimate of drug-likeness (QED) is 0.587. The van der Waals surface area contributed by atoms with Crippen LogP contribution >= 0.6 is 0 Å². The van der Waals surface area contributed by atoms with Crippen molar-refractivity contribution in [2.45, 2.75) is 32.4 Å². The fourth-order valence-electron chi connectivity index (χ4n) is 3.80. The third kappa shape index (κ3) is 5.04. The summed E-state index contributed by atoms with van der Waals surface area (Å²) in [4.78, 5) is 39.4. The van der Waals surface area contributed by atoms with Crippen molar-refractivity contribution in [1.29, 1.82) is 0 Å². The van der Waals surface area contributed by atoms with E-state index >= 15 is 0 Å². The van der Waals surface area contributed by atoms with E-state index in [2.05, 4.69) is 10.4 Å². The average Bonchev–Trinajstić information content (AvgIpc) is 3.34. The monoisotopic (exact) mass is 450 g/mol. The highest BCUT2D eigenvalue weighted by Crippen LogP contribution is 2.15. The molecule has 1 aliphatic rings. The molecular formula is C24H26N4O5. The van der Waals surface area contributed by atoms with Gasteiger partial charge in [0.2, 0.25) is 5.69 Å². The Labute approximate surface area is 190 Å². The molecule has 9 nitrogen and oxygen atoms in total. The number of hydrogen-bond acceptors (Lipinski definition) is 6. The van der Waals surface area contributed by atoms with Gasteiger partial charge in [-0.3, -0.25) is 14.2 Å². The number of nitrogens with zero attached hydrogens (tertiary/aromatic N) is 3. The lowest BCUT2D eigenvalue weighted by Gasteiger charge is -2.14. The Balaban J connectivity index is 1.78. The molecule has 9 heteroatoms. The number of ether oxygens (including phenoxy) is 2. The molecule has 1 fully saturated rings. The molecule has 4 rings (SSSR count). The minimum absolute atomic E-state index is 0.0118. The fourth-order valence-corrected chi connectivity index (χ4v) is 3.80. The molecule has 0 unspecified atom stereocenters. The molecular weight excluding hydrogens is 424 g/mol. The summed E-state index contributed by atoms with van der Waals surface area (Å²) in [5.74, 6) is -0.132. The molecule has 0 radical (unpaired) electrons. The Kier molecular flexibility index (Phi) is 6.69. The van der Waals surface area contributed by atoms with Crippen LogP contribution in [0.2, 0.25) is 0 Å². The van der Waals surface area contributed by atoms with Gasteiger partial charge >= 0.3 is 5.69 Å². The predicted molar refractivity (Wildman–Crippen MR) is 122 cm³/mol. The van der Waals surface area contributed by atoms with Crippen molar-refractivity contribution in [2.75, 3.05) is 20.3 Å². The number of methoxy groups -OCH3 is 1. The second-order valence-corrected chi connectivity index (χ2v) is 7.97. The highest BCUT2D eigenvalue weighted by Gasteiger charge is 2.23. The maximum atomic E-state index is 13.3. The third-order valence-electron chi connectivity index (χ3n) is 5.51. The lowest BCUT2D eigenvalue weighted by atomic mass is 10.1. The molecule has 1 saturated heterocycles. The van der Waals surface area contributed by atoms with Crippen molar-refractivity contribution in [1.82, 2.24) is 19.7 Å². The van der Waals surface area contributed by atoms with E-state index < -0.39 is 17.2 Å². The second kappa shape index (κ2) is 9.83. The van der Waals surface area contributed by atoms with Gasteiger partial charge in [-0.15, -0.1) is 0 Å². The summed E-state index contributed by atoms with van der Waals surface area (Å²) in [6, 6.07) is 14.2. The fraction of sp³-hybridized carbons (Fsp3) is 0.333. The zero-order chi connectivity index (χ0) is 23.4. The van der Waals surface area contributed by atoms with Gasteiger partial charge in [-0.2, -0.15) is 9.78 Å². The number of amides is 1. The van der Waals surface area contributed by atoms with Gasteiger partial charge in [0.05, 0.1) is 25.4 Å². The Hall–Kier alpha value is -3.72. The molecule has 1 N–H and O–H groups in total. The molecule has 2 aromatic carbocycles. The molecule has 2 heterocycles. The predicted octanol–water partition coefficient (Wildman–Crippen LogP) is 1.67. The first-order valence-corrected chi connectivity index (χ1v) is 10.8. The van der Waals surface area contributed by atoms with Crippen LogP contribution in [0.3, 0.4) is 0 Å². The van der Waals surface area contributed by atoms with Gasteiger partial charge in [-0.1, -0.05) is 35.9 Å². The lowest BCUT2D eigenvalue weighted by molar-refractivity contribution is 0.0849. The van der Waals surface area contributed by atoms with Crippen LogP contribution in [-0.2, 0) is 11.3 Å². The molecule has 1 aromatic heterocycles. The smallest absolute Gasteiger partial charge is 0.352 e. The van der Waals surface area contributed by atoms with Gasteiger partial charge in [0, 0.05) is 19.2 Å². The molecule has 1 amide bonds. The highest BCUT2D eigenvalue weighted by molar-refractivity contribution is 5.91. The third-order valence-corrected chi connectivity index (χ3v) is 5.51. The summed E-state index contributed by atoms with van der Waals surface area (Å²) < 4.78 is 12.9. The number of hydrogen-bond donors (Lipinski definition) is 1. The van der Waals surface area contributed by atoms with E-state index in [1.807, 2.05) is 31.2 Å². The SMILES string of the molecule is COc1cccc(-n2nc(C(=O)NC[C@@H]3CCCO3)c(=O)n(Cc3cccc(C)c3)c2=O)c1. The second-order valence-electron chi connectivity index (χ2n) is 7.97. The van der Waals surface area contributed by atoms with Crippen LogP contribution in [0.5, 0.6) is 5.75 Å². The lowest BCUT2D eigenvalue weighted by Crippen LogP contribution is -2.46. The summed E-state index contributed by atoms with van der Waals surface area (Å²) in [5, 5.41) is 6.87. The molecule has 172 valence electrons. The first-order chi connectivity index (χ1) is 16.0. The van der Waals surface area contributed by atoms with Crippen molar-refractivity contribution in [3.05, 3.63) is 86.2 Å². The summed E-state index contributed by atoms with van der Waals surface area (Å²) >= 11 is 0.